The highest BCUT2D eigenvalue weighted by atomic mass is 31.2. The molecular weight excluding hydrogens is 691 g/mol. The molecule has 0 aliphatic heterocycles. The Morgan fingerprint density at radius 3 is 1.57 bits per heavy atom. The summed E-state index contributed by atoms with van der Waals surface area (Å²) in [5.74, 6) is -0.864. The molecule has 0 saturated heterocycles. The number of rotatable bonds is 38. The van der Waals surface area contributed by atoms with Gasteiger partial charge in [-0.25, -0.2) is 4.57 Å². The molecular formula is C43H75O9P. The Balaban J connectivity index is 4.00. The molecule has 0 amide bonds. The van der Waals surface area contributed by atoms with E-state index in [2.05, 4.69) is 48.8 Å². The first-order chi connectivity index (χ1) is 25.7. The van der Waals surface area contributed by atoms with E-state index in [1.54, 1.807) is 6.08 Å². The highest BCUT2D eigenvalue weighted by Crippen LogP contribution is 2.36. The second-order valence-electron chi connectivity index (χ2n) is 14.0. The summed E-state index contributed by atoms with van der Waals surface area (Å²) >= 11 is 0. The van der Waals surface area contributed by atoms with Crippen LogP contribution in [0.1, 0.15) is 187 Å². The minimum atomic E-state index is -4.78. The average molecular weight is 767 g/mol. The van der Waals surface area contributed by atoms with Crippen LogP contribution in [0.4, 0.5) is 0 Å². The van der Waals surface area contributed by atoms with Crippen molar-refractivity contribution in [3.63, 3.8) is 0 Å². The van der Waals surface area contributed by atoms with Gasteiger partial charge in [-0.05, 0) is 70.3 Å². The molecule has 0 unspecified atom stereocenters. The standard InChI is InChI=1S/C43H75O9P/c1-3-5-7-9-11-12-13-14-15-16-17-18-19-20-21-22-24-28-33-37-43(46)52-41(39-51-53(47,48)49)38-50-42(45)36-32-29-25-27-31-35-40(44)34-30-26-23-10-8-6-4-2/h11-12,14-15,23,26,30,34,41H,3-10,13,16-22,24-25,27-29,31-33,35-39H2,1-2H3,(H2,47,48,49)/b12-11-,15-14-,26-23-,34-30+/t41-/m1/s1. The average Bonchev–Trinajstić information content (AvgIpc) is 3.12. The molecule has 0 aromatic heterocycles. The van der Waals surface area contributed by atoms with Gasteiger partial charge in [-0.3, -0.25) is 18.9 Å². The van der Waals surface area contributed by atoms with Gasteiger partial charge >= 0.3 is 19.8 Å². The van der Waals surface area contributed by atoms with Gasteiger partial charge in [0.1, 0.15) is 6.61 Å². The molecule has 0 saturated carbocycles. The van der Waals surface area contributed by atoms with Gasteiger partial charge in [0.25, 0.3) is 0 Å². The lowest BCUT2D eigenvalue weighted by molar-refractivity contribution is -0.161. The lowest BCUT2D eigenvalue weighted by Crippen LogP contribution is -2.29. The van der Waals surface area contributed by atoms with Crippen LogP contribution in [0.3, 0.4) is 0 Å². The Labute approximate surface area is 322 Å². The van der Waals surface area contributed by atoms with Crippen molar-refractivity contribution in [1.29, 1.82) is 0 Å². The summed E-state index contributed by atoms with van der Waals surface area (Å²) in [5, 5.41) is 0. The Kier molecular flexibility index (Phi) is 36.3. The Hall–Kier alpha value is -2.32. The zero-order chi connectivity index (χ0) is 39.1. The minimum Gasteiger partial charge on any atom is -0.462 e. The van der Waals surface area contributed by atoms with Crippen LogP contribution in [-0.4, -0.2) is 46.8 Å². The third kappa shape index (κ3) is 40.7. The Morgan fingerprint density at radius 2 is 1.02 bits per heavy atom. The molecule has 10 heteroatoms. The molecule has 2 N–H and O–H groups in total. The molecule has 1 atom stereocenters. The van der Waals surface area contributed by atoms with Crippen molar-refractivity contribution >= 4 is 25.5 Å². The summed E-state index contributed by atoms with van der Waals surface area (Å²) in [4.78, 5) is 54.8. The van der Waals surface area contributed by atoms with Crippen LogP contribution in [0.15, 0.2) is 48.6 Å². The van der Waals surface area contributed by atoms with E-state index in [4.69, 9.17) is 19.3 Å². The molecule has 306 valence electrons. The maximum Gasteiger partial charge on any atom is 0.469 e. The van der Waals surface area contributed by atoms with Crippen molar-refractivity contribution in [2.24, 2.45) is 0 Å². The zero-order valence-electron chi connectivity index (χ0n) is 33.4. The fourth-order valence-electron chi connectivity index (χ4n) is 5.62. The summed E-state index contributed by atoms with van der Waals surface area (Å²) in [5.41, 5.74) is 0. The second kappa shape index (κ2) is 38.0. The molecule has 0 fully saturated rings. The van der Waals surface area contributed by atoms with E-state index in [0.29, 0.717) is 19.3 Å². The molecule has 0 spiro atoms. The van der Waals surface area contributed by atoms with E-state index in [9.17, 15) is 18.9 Å². The smallest absolute Gasteiger partial charge is 0.462 e. The van der Waals surface area contributed by atoms with Gasteiger partial charge in [-0.15, -0.1) is 0 Å². The highest BCUT2D eigenvalue weighted by Gasteiger charge is 2.22. The highest BCUT2D eigenvalue weighted by molar-refractivity contribution is 7.46. The van der Waals surface area contributed by atoms with E-state index in [0.717, 1.165) is 64.2 Å². The first kappa shape index (κ1) is 50.7. The second-order valence-corrected chi connectivity index (χ2v) is 15.2. The third-order valence-corrected chi connectivity index (χ3v) is 9.28. The fourth-order valence-corrected chi connectivity index (χ4v) is 5.98. The summed E-state index contributed by atoms with van der Waals surface area (Å²) in [6.45, 7) is 3.50. The van der Waals surface area contributed by atoms with Gasteiger partial charge in [0.05, 0.1) is 6.61 Å². The van der Waals surface area contributed by atoms with Crippen molar-refractivity contribution in [2.45, 2.75) is 193 Å². The molecule has 0 aromatic carbocycles. The van der Waals surface area contributed by atoms with Gasteiger partial charge in [0.2, 0.25) is 0 Å². The molecule has 0 rings (SSSR count). The number of ether oxygens (including phenoxy) is 2. The zero-order valence-corrected chi connectivity index (χ0v) is 34.3. The molecule has 0 aliphatic rings. The minimum absolute atomic E-state index is 0.118. The number of phosphoric ester groups is 1. The summed E-state index contributed by atoms with van der Waals surface area (Å²) in [7, 11) is -4.78. The van der Waals surface area contributed by atoms with Gasteiger partial charge in [-0.2, -0.15) is 0 Å². The molecule has 0 radical (unpaired) electrons. The van der Waals surface area contributed by atoms with Crippen molar-refractivity contribution in [3.8, 4) is 0 Å². The Morgan fingerprint density at radius 1 is 0.547 bits per heavy atom. The number of hydrogen-bond acceptors (Lipinski definition) is 7. The van der Waals surface area contributed by atoms with Crippen molar-refractivity contribution in [3.05, 3.63) is 48.6 Å². The molecule has 0 aliphatic carbocycles. The number of ketones is 1. The predicted molar refractivity (Wildman–Crippen MR) is 216 cm³/mol. The van der Waals surface area contributed by atoms with Gasteiger partial charge in [0.15, 0.2) is 11.9 Å². The first-order valence-electron chi connectivity index (χ1n) is 20.9. The molecule has 0 bridgehead atoms. The maximum absolute atomic E-state index is 12.4. The monoisotopic (exact) mass is 767 g/mol. The van der Waals surface area contributed by atoms with Crippen LogP contribution in [-0.2, 0) is 32.9 Å². The molecule has 53 heavy (non-hydrogen) atoms. The lowest BCUT2D eigenvalue weighted by Gasteiger charge is -2.18. The number of carbonyl (C=O) groups excluding carboxylic acids is 3. The van der Waals surface area contributed by atoms with Crippen molar-refractivity contribution < 1.29 is 42.7 Å². The summed E-state index contributed by atoms with van der Waals surface area (Å²) in [6, 6.07) is 0. The molecule has 9 nitrogen and oxygen atoms in total. The largest absolute Gasteiger partial charge is 0.469 e. The van der Waals surface area contributed by atoms with E-state index < -0.39 is 32.5 Å². The van der Waals surface area contributed by atoms with E-state index in [1.807, 2.05) is 12.2 Å². The SMILES string of the molecule is CCCCC/C=C\C=C\C(=O)CCCCCCCC(=O)OC[C@H](COP(=O)(O)O)OC(=O)CCCCCCCCCCC/C=C\C/C=C\CCCCC. The number of carbonyl (C=O) groups is 3. The van der Waals surface area contributed by atoms with Gasteiger partial charge in [-0.1, -0.05) is 146 Å². The topological polar surface area (TPSA) is 136 Å². The fraction of sp³-hybridized carbons (Fsp3) is 0.744. The first-order valence-corrected chi connectivity index (χ1v) is 22.4. The lowest BCUT2D eigenvalue weighted by atomic mass is 10.1. The number of hydrogen-bond donors (Lipinski definition) is 2. The maximum atomic E-state index is 12.4. The summed E-state index contributed by atoms with van der Waals surface area (Å²) < 4.78 is 26.3. The number of unbranched alkanes of at least 4 members (excludes halogenated alkanes) is 19. The van der Waals surface area contributed by atoms with Crippen LogP contribution >= 0.6 is 7.82 Å². The molecule has 0 heterocycles. The van der Waals surface area contributed by atoms with Crippen LogP contribution < -0.4 is 0 Å². The van der Waals surface area contributed by atoms with Gasteiger partial charge in [0, 0.05) is 19.3 Å². The van der Waals surface area contributed by atoms with E-state index in [1.165, 1.54) is 77.0 Å². The van der Waals surface area contributed by atoms with Gasteiger partial charge < -0.3 is 19.3 Å². The van der Waals surface area contributed by atoms with Crippen LogP contribution in [0.25, 0.3) is 0 Å². The van der Waals surface area contributed by atoms with Crippen LogP contribution in [0.5, 0.6) is 0 Å². The number of esters is 2. The van der Waals surface area contributed by atoms with E-state index in [-0.39, 0.29) is 25.2 Å². The van der Waals surface area contributed by atoms with Crippen molar-refractivity contribution in [2.75, 3.05) is 13.2 Å². The van der Waals surface area contributed by atoms with Crippen LogP contribution in [0.2, 0.25) is 0 Å². The van der Waals surface area contributed by atoms with Crippen molar-refractivity contribution in [1.82, 2.24) is 0 Å². The predicted octanol–water partition coefficient (Wildman–Crippen LogP) is 11.9. The van der Waals surface area contributed by atoms with E-state index >= 15 is 0 Å². The number of allylic oxidation sites excluding steroid dienone is 8. The quantitative estimate of drug-likeness (QED) is 0.0157. The number of phosphoric acid groups is 1. The molecule has 0 aromatic rings. The summed E-state index contributed by atoms with van der Waals surface area (Å²) in [6.07, 6.45) is 42.2. The normalized spacial score (nSPS) is 12.8. The van der Waals surface area contributed by atoms with Crippen LogP contribution in [0, 0.1) is 0 Å². The Bertz CT molecular complexity index is 1060. The third-order valence-electron chi connectivity index (χ3n) is 8.80.